The molecule has 0 fully saturated rings. The number of benzene rings is 1. The van der Waals surface area contributed by atoms with Crippen LogP contribution in [0.4, 0.5) is 5.82 Å². The maximum absolute atomic E-state index is 12.6. The van der Waals surface area contributed by atoms with E-state index in [1.807, 2.05) is 25.1 Å². The molecule has 5 rings (SSSR count). The number of carbonyl (C=O) groups excluding carboxylic acids is 1. The van der Waals surface area contributed by atoms with Crippen LogP contribution in [0.1, 0.15) is 29.2 Å². The van der Waals surface area contributed by atoms with E-state index in [1.165, 1.54) is 6.33 Å². The predicted octanol–water partition coefficient (Wildman–Crippen LogP) is 2.34. The van der Waals surface area contributed by atoms with Gasteiger partial charge in [0.2, 0.25) is 5.91 Å². The number of amides is 1. The number of aromatic amines is 1. The standard InChI is InChI=1S/C20H19N7O3/c1-10-16-12(11-4-5-13(29-2)14(6-11)30-3)7-15(28)25-19(16)27(26-10)20-17-18(22-8-21-17)23-9-24-20/h4-6,8-9,12H,7H2,1-3H3,(H,25,28)(H,21,22,23,24)/t12-/m0/s1. The van der Waals surface area contributed by atoms with Gasteiger partial charge in [0, 0.05) is 17.9 Å². The van der Waals surface area contributed by atoms with E-state index >= 15 is 0 Å². The van der Waals surface area contributed by atoms with E-state index < -0.39 is 0 Å². The second-order valence-electron chi connectivity index (χ2n) is 6.98. The van der Waals surface area contributed by atoms with Crippen LogP contribution < -0.4 is 14.8 Å². The van der Waals surface area contributed by atoms with Crippen molar-refractivity contribution < 1.29 is 14.3 Å². The second kappa shape index (κ2) is 6.83. The number of rotatable bonds is 4. The van der Waals surface area contributed by atoms with Gasteiger partial charge in [-0.3, -0.25) is 4.79 Å². The van der Waals surface area contributed by atoms with Crippen molar-refractivity contribution in [1.82, 2.24) is 29.7 Å². The van der Waals surface area contributed by atoms with Gasteiger partial charge in [0.05, 0.1) is 26.2 Å². The molecule has 1 aromatic carbocycles. The number of aryl methyl sites for hydroxylation is 1. The quantitative estimate of drug-likeness (QED) is 0.535. The van der Waals surface area contributed by atoms with E-state index in [2.05, 4.69) is 30.4 Å². The van der Waals surface area contributed by atoms with Crippen LogP contribution in [0, 0.1) is 6.92 Å². The van der Waals surface area contributed by atoms with Crippen molar-refractivity contribution in [2.75, 3.05) is 19.5 Å². The Morgan fingerprint density at radius 1 is 1.13 bits per heavy atom. The normalized spacial score (nSPS) is 15.7. The minimum absolute atomic E-state index is 0.0988. The highest BCUT2D eigenvalue weighted by Crippen LogP contribution is 2.42. The number of anilines is 1. The molecule has 10 nitrogen and oxygen atoms in total. The number of nitrogens with zero attached hydrogens (tertiary/aromatic N) is 5. The number of imidazole rings is 1. The fourth-order valence-electron chi connectivity index (χ4n) is 3.97. The summed E-state index contributed by atoms with van der Waals surface area (Å²) in [6, 6.07) is 5.70. The number of fused-ring (bicyclic) bond motifs is 2. The van der Waals surface area contributed by atoms with E-state index in [1.54, 1.807) is 25.2 Å². The fourth-order valence-corrected chi connectivity index (χ4v) is 3.97. The second-order valence-corrected chi connectivity index (χ2v) is 6.98. The molecule has 3 aromatic heterocycles. The number of H-pyrrole nitrogens is 1. The van der Waals surface area contributed by atoms with Gasteiger partial charge >= 0.3 is 0 Å². The van der Waals surface area contributed by atoms with Crippen molar-refractivity contribution in [2.45, 2.75) is 19.3 Å². The van der Waals surface area contributed by atoms with E-state index in [9.17, 15) is 4.79 Å². The fraction of sp³-hybridized carbons (Fsp3) is 0.250. The summed E-state index contributed by atoms with van der Waals surface area (Å²) in [5, 5.41) is 7.65. The van der Waals surface area contributed by atoms with Crippen LogP contribution in [0.5, 0.6) is 11.5 Å². The van der Waals surface area contributed by atoms with Crippen LogP contribution >= 0.6 is 0 Å². The van der Waals surface area contributed by atoms with Gasteiger partial charge in [0.25, 0.3) is 0 Å². The molecule has 0 unspecified atom stereocenters. The molecule has 1 amide bonds. The smallest absolute Gasteiger partial charge is 0.226 e. The lowest BCUT2D eigenvalue weighted by Crippen LogP contribution is -2.25. The first kappa shape index (κ1) is 18.1. The van der Waals surface area contributed by atoms with Crippen LogP contribution in [0.15, 0.2) is 30.9 Å². The summed E-state index contributed by atoms with van der Waals surface area (Å²) in [5.74, 6) is 2.09. The highest BCUT2D eigenvalue weighted by molar-refractivity contribution is 5.95. The minimum atomic E-state index is -0.179. The van der Waals surface area contributed by atoms with Crippen LogP contribution in [0.3, 0.4) is 0 Å². The SMILES string of the molecule is COc1ccc([C@@H]2CC(=O)Nc3c2c(C)nn3-c2ncnc3nc[nH]c23)cc1OC. The molecular weight excluding hydrogens is 386 g/mol. The molecule has 1 atom stereocenters. The summed E-state index contributed by atoms with van der Waals surface area (Å²) in [7, 11) is 3.18. The number of aromatic nitrogens is 6. The zero-order chi connectivity index (χ0) is 20.8. The van der Waals surface area contributed by atoms with Crippen LogP contribution in [-0.4, -0.2) is 49.8 Å². The number of hydrogen-bond donors (Lipinski definition) is 2. The minimum Gasteiger partial charge on any atom is -0.493 e. The molecule has 4 heterocycles. The Balaban J connectivity index is 1.68. The lowest BCUT2D eigenvalue weighted by Gasteiger charge is -2.25. The lowest BCUT2D eigenvalue weighted by molar-refractivity contribution is -0.116. The Morgan fingerprint density at radius 3 is 2.77 bits per heavy atom. The van der Waals surface area contributed by atoms with Crippen molar-refractivity contribution in [1.29, 1.82) is 0 Å². The predicted molar refractivity (Wildman–Crippen MR) is 108 cm³/mol. The van der Waals surface area contributed by atoms with Gasteiger partial charge in [0.1, 0.15) is 17.7 Å². The van der Waals surface area contributed by atoms with Crippen LogP contribution in [-0.2, 0) is 4.79 Å². The monoisotopic (exact) mass is 405 g/mol. The summed E-state index contributed by atoms with van der Waals surface area (Å²) < 4.78 is 12.4. The molecule has 1 aliphatic heterocycles. The van der Waals surface area contributed by atoms with Gasteiger partial charge in [-0.05, 0) is 24.6 Å². The molecule has 2 N–H and O–H groups in total. The molecule has 152 valence electrons. The summed E-state index contributed by atoms with van der Waals surface area (Å²) in [5.41, 5.74) is 3.86. The van der Waals surface area contributed by atoms with Crippen molar-refractivity contribution in [2.24, 2.45) is 0 Å². The summed E-state index contributed by atoms with van der Waals surface area (Å²) in [6.45, 7) is 1.92. The molecule has 1 aliphatic rings. The highest BCUT2D eigenvalue weighted by Gasteiger charge is 2.33. The Morgan fingerprint density at radius 2 is 1.97 bits per heavy atom. The molecule has 0 saturated carbocycles. The molecule has 4 aromatic rings. The van der Waals surface area contributed by atoms with Gasteiger partial charge in [-0.2, -0.15) is 9.78 Å². The van der Waals surface area contributed by atoms with E-state index in [4.69, 9.17) is 9.47 Å². The average Bonchev–Trinajstić information content (AvgIpc) is 3.37. The first-order valence-corrected chi connectivity index (χ1v) is 9.36. The largest absolute Gasteiger partial charge is 0.493 e. The van der Waals surface area contributed by atoms with Gasteiger partial charge < -0.3 is 19.8 Å². The van der Waals surface area contributed by atoms with E-state index in [0.29, 0.717) is 40.7 Å². The maximum atomic E-state index is 12.6. The maximum Gasteiger partial charge on any atom is 0.226 e. The molecular formula is C20H19N7O3. The molecule has 30 heavy (non-hydrogen) atoms. The van der Waals surface area contributed by atoms with Crippen LogP contribution in [0.25, 0.3) is 17.0 Å². The Labute approximate surface area is 171 Å². The highest BCUT2D eigenvalue weighted by atomic mass is 16.5. The van der Waals surface area contributed by atoms with Crippen molar-refractivity contribution in [3.05, 3.63) is 47.7 Å². The molecule has 0 spiro atoms. The Kier molecular flexibility index (Phi) is 4.12. The van der Waals surface area contributed by atoms with E-state index in [0.717, 1.165) is 16.8 Å². The molecule has 0 aliphatic carbocycles. The number of hydrogen-bond acceptors (Lipinski definition) is 7. The van der Waals surface area contributed by atoms with Crippen molar-refractivity contribution in [3.8, 4) is 17.3 Å². The Hall–Kier alpha value is -3.95. The number of ether oxygens (including phenoxy) is 2. The summed E-state index contributed by atoms with van der Waals surface area (Å²) in [6.07, 6.45) is 3.29. The third kappa shape index (κ3) is 2.68. The number of carbonyl (C=O) groups is 1. The zero-order valence-electron chi connectivity index (χ0n) is 16.6. The molecule has 0 radical (unpaired) electrons. The number of nitrogens with one attached hydrogen (secondary N) is 2. The van der Waals surface area contributed by atoms with Crippen molar-refractivity contribution in [3.63, 3.8) is 0 Å². The van der Waals surface area contributed by atoms with E-state index in [-0.39, 0.29) is 11.8 Å². The first-order valence-electron chi connectivity index (χ1n) is 9.36. The number of methoxy groups -OCH3 is 2. The summed E-state index contributed by atoms with van der Waals surface area (Å²) >= 11 is 0. The topological polar surface area (TPSA) is 120 Å². The Bertz CT molecular complexity index is 1280. The van der Waals surface area contributed by atoms with Crippen molar-refractivity contribution >= 4 is 22.9 Å². The molecule has 0 saturated heterocycles. The molecule has 10 heteroatoms. The first-order chi connectivity index (χ1) is 14.6. The van der Waals surface area contributed by atoms with Crippen LogP contribution in [0.2, 0.25) is 0 Å². The average molecular weight is 405 g/mol. The van der Waals surface area contributed by atoms with Gasteiger partial charge in [-0.1, -0.05) is 6.07 Å². The lowest BCUT2D eigenvalue weighted by atomic mass is 9.85. The third-order valence-electron chi connectivity index (χ3n) is 5.32. The zero-order valence-corrected chi connectivity index (χ0v) is 16.6. The van der Waals surface area contributed by atoms with Gasteiger partial charge in [0.15, 0.2) is 23.0 Å². The van der Waals surface area contributed by atoms with Gasteiger partial charge in [-0.25, -0.2) is 15.0 Å². The molecule has 0 bridgehead atoms. The third-order valence-corrected chi connectivity index (χ3v) is 5.32. The van der Waals surface area contributed by atoms with Gasteiger partial charge in [-0.15, -0.1) is 0 Å². The summed E-state index contributed by atoms with van der Waals surface area (Å²) in [4.78, 5) is 28.4.